The number of hydrazone groups is 1. The molecule has 0 unspecified atom stereocenters. The van der Waals surface area contributed by atoms with E-state index in [9.17, 15) is 13.2 Å². The van der Waals surface area contributed by atoms with Crippen molar-refractivity contribution in [2.24, 2.45) is 5.10 Å². The number of methoxy groups -OCH3 is 1. The molecule has 2 heterocycles. The number of nitrogens with one attached hydrogen (secondary N) is 1. The van der Waals surface area contributed by atoms with Crippen LogP contribution in [0.15, 0.2) is 28.2 Å². The molecule has 3 rings (SSSR count). The summed E-state index contributed by atoms with van der Waals surface area (Å²) >= 11 is 0. The van der Waals surface area contributed by atoms with Gasteiger partial charge in [-0.1, -0.05) is 0 Å². The van der Waals surface area contributed by atoms with Gasteiger partial charge >= 0.3 is 0 Å². The standard InChI is InChI=1S/C15H19N3O5S/c1-22-13-4-2-11(12-3-5-15(19)17-16-12)10-14(13)24(20,21)18-6-8-23-9-7-18/h2,4,10H,3,5-9H2,1H3,(H,17,19). The summed E-state index contributed by atoms with van der Waals surface area (Å²) in [5.74, 6) is 0.138. The van der Waals surface area contributed by atoms with Gasteiger partial charge in [-0.05, 0) is 23.8 Å². The number of hydrogen-bond donors (Lipinski definition) is 1. The Morgan fingerprint density at radius 2 is 2.00 bits per heavy atom. The monoisotopic (exact) mass is 353 g/mol. The summed E-state index contributed by atoms with van der Waals surface area (Å²) in [5.41, 5.74) is 3.73. The van der Waals surface area contributed by atoms with E-state index in [4.69, 9.17) is 9.47 Å². The molecular formula is C15H19N3O5S. The number of morpholine rings is 1. The SMILES string of the molecule is COc1ccc(C2=NNC(=O)CC2)cc1S(=O)(=O)N1CCOCC1. The van der Waals surface area contributed by atoms with Crippen LogP contribution in [0.5, 0.6) is 5.75 Å². The predicted molar refractivity (Wildman–Crippen MR) is 86.5 cm³/mol. The molecule has 9 heteroatoms. The summed E-state index contributed by atoms with van der Waals surface area (Å²) in [4.78, 5) is 11.3. The molecule has 1 aromatic rings. The number of amides is 1. The number of nitrogens with zero attached hydrogens (tertiary/aromatic N) is 2. The minimum Gasteiger partial charge on any atom is -0.495 e. The minimum absolute atomic E-state index is 0.101. The molecule has 1 aromatic carbocycles. The first-order chi connectivity index (χ1) is 11.5. The van der Waals surface area contributed by atoms with Crippen LogP contribution in [0, 0.1) is 0 Å². The fraction of sp³-hybridized carbons (Fsp3) is 0.467. The van der Waals surface area contributed by atoms with Gasteiger partial charge in [-0.2, -0.15) is 9.41 Å². The van der Waals surface area contributed by atoms with Crippen LogP contribution in [0.3, 0.4) is 0 Å². The fourth-order valence-electron chi connectivity index (χ4n) is 2.67. The van der Waals surface area contributed by atoms with Gasteiger partial charge in [-0.25, -0.2) is 13.8 Å². The average molecular weight is 353 g/mol. The van der Waals surface area contributed by atoms with E-state index < -0.39 is 10.0 Å². The average Bonchev–Trinajstić information content (AvgIpc) is 2.62. The first kappa shape index (κ1) is 16.9. The smallest absolute Gasteiger partial charge is 0.246 e. The number of hydrogen-bond acceptors (Lipinski definition) is 6. The van der Waals surface area contributed by atoms with E-state index in [2.05, 4.69) is 10.5 Å². The van der Waals surface area contributed by atoms with Gasteiger partial charge in [-0.3, -0.25) is 4.79 Å². The topological polar surface area (TPSA) is 97.3 Å². The molecule has 1 amide bonds. The maximum absolute atomic E-state index is 12.9. The molecule has 0 aromatic heterocycles. The minimum atomic E-state index is -3.69. The van der Waals surface area contributed by atoms with Crippen LogP contribution in [0.1, 0.15) is 18.4 Å². The van der Waals surface area contributed by atoms with Crippen molar-refractivity contribution in [3.8, 4) is 5.75 Å². The Kier molecular flexibility index (Phi) is 4.83. The first-order valence-electron chi connectivity index (χ1n) is 7.64. The normalized spacial score (nSPS) is 19.5. The van der Waals surface area contributed by atoms with E-state index in [0.29, 0.717) is 50.4 Å². The predicted octanol–water partition coefficient (Wildman–Crippen LogP) is 0.330. The van der Waals surface area contributed by atoms with E-state index >= 15 is 0 Å². The second-order valence-corrected chi connectivity index (χ2v) is 7.38. The third-order valence-electron chi connectivity index (χ3n) is 3.99. The van der Waals surface area contributed by atoms with Crippen LogP contribution >= 0.6 is 0 Å². The number of carbonyl (C=O) groups excluding carboxylic acids is 1. The molecule has 130 valence electrons. The second kappa shape index (κ2) is 6.88. The second-order valence-electron chi connectivity index (χ2n) is 5.48. The highest BCUT2D eigenvalue weighted by Gasteiger charge is 2.30. The van der Waals surface area contributed by atoms with Gasteiger partial charge < -0.3 is 9.47 Å². The van der Waals surface area contributed by atoms with Gasteiger partial charge in [0.1, 0.15) is 10.6 Å². The van der Waals surface area contributed by atoms with E-state index in [1.54, 1.807) is 18.2 Å². The number of rotatable bonds is 4. The molecule has 24 heavy (non-hydrogen) atoms. The van der Waals surface area contributed by atoms with E-state index in [1.807, 2.05) is 0 Å². The highest BCUT2D eigenvalue weighted by molar-refractivity contribution is 7.89. The Balaban J connectivity index is 1.99. The third kappa shape index (κ3) is 3.28. The Bertz CT molecular complexity index is 769. The van der Waals surface area contributed by atoms with Crippen LogP contribution in [0.4, 0.5) is 0 Å². The summed E-state index contributed by atoms with van der Waals surface area (Å²) < 4.78 is 37.7. The van der Waals surface area contributed by atoms with Crippen LogP contribution in [0.2, 0.25) is 0 Å². The van der Waals surface area contributed by atoms with Crippen molar-refractivity contribution in [3.63, 3.8) is 0 Å². The molecule has 0 atom stereocenters. The summed E-state index contributed by atoms with van der Waals surface area (Å²) in [6, 6.07) is 4.91. The number of carbonyl (C=O) groups is 1. The highest BCUT2D eigenvalue weighted by atomic mass is 32.2. The zero-order valence-electron chi connectivity index (χ0n) is 13.3. The van der Waals surface area contributed by atoms with Crippen molar-refractivity contribution in [1.29, 1.82) is 0 Å². The van der Waals surface area contributed by atoms with E-state index in [0.717, 1.165) is 0 Å². The first-order valence-corrected chi connectivity index (χ1v) is 9.08. The van der Waals surface area contributed by atoms with Crippen LogP contribution in [-0.4, -0.2) is 57.8 Å². The molecule has 1 fully saturated rings. The molecule has 0 saturated carbocycles. The zero-order valence-corrected chi connectivity index (χ0v) is 14.1. The van der Waals surface area contributed by atoms with Crippen LogP contribution in [-0.2, 0) is 19.6 Å². The van der Waals surface area contributed by atoms with Gasteiger partial charge in [0.2, 0.25) is 15.9 Å². The Hall–Kier alpha value is -1.97. The Morgan fingerprint density at radius 1 is 1.25 bits per heavy atom. The van der Waals surface area contributed by atoms with Gasteiger partial charge in [0.15, 0.2) is 0 Å². The molecule has 0 spiro atoms. The lowest BCUT2D eigenvalue weighted by atomic mass is 10.0. The molecule has 0 radical (unpaired) electrons. The largest absolute Gasteiger partial charge is 0.495 e. The molecule has 1 N–H and O–H groups in total. The maximum atomic E-state index is 12.9. The number of ether oxygens (including phenoxy) is 2. The summed E-state index contributed by atoms with van der Waals surface area (Å²) in [6.07, 6.45) is 0.797. The number of benzene rings is 1. The highest BCUT2D eigenvalue weighted by Crippen LogP contribution is 2.29. The molecule has 2 aliphatic rings. The van der Waals surface area contributed by atoms with Crippen molar-refractivity contribution >= 4 is 21.6 Å². The van der Waals surface area contributed by atoms with Crippen LogP contribution < -0.4 is 10.2 Å². The Morgan fingerprint density at radius 3 is 2.62 bits per heavy atom. The maximum Gasteiger partial charge on any atom is 0.246 e. The lowest BCUT2D eigenvalue weighted by molar-refractivity contribution is -0.121. The molecule has 0 aliphatic carbocycles. The molecule has 8 nitrogen and oxygen atoms in total. The molecule has 2 aliphatic heterocycles. The van der Waals surface area contributed by atoms with Gasteiger partial charge in [0.05, 0.1) is 26.0 Å². The summed E-state index contributed by atoms with van der Waals surface area (Å²) in [7, 11) is -2.25. The summed E-state index contributed by atoms with van der Waals surface area (Å²) in [5, 5.41) is 4.02. The third-order valence-corrected chi connectivity index (χ3v) is 5.91. The van der Waals surface area contributed by atoms with Crippen molar-refractivity contribution in [1.82, 2.24) is 9.73 Å². The van der Waals surface area contributed by atoms with Crippen molar-refractivity contribution in [3.05, 3.63) is 23.8 Å². The molecular weight excluding hydrogens is 334 g/mol. The van der Waals surface area contributed by atoms with E-state index in [-0.39, 0.29) is 16.6 Å². The lowest BCUT2D eigenvalue weighted by Gasteiger charge is -2.27. The zero-order chi connectivity index (χ0) is 17.2. The lowest BCUT2D eigenvalue weighted by Crippen LogP contribution is -2.40. The van der Waals surface area contributed by atoms with Crippen molar-refractivity contribution < 1.29 is 22.7 Å². The van der Waals surface area contributed by atoms with Gasteiger partial charge in [0, 0.05) is 25.9 Å². The van der Waals surface area contributed by atoms with Gasteiger partial charge in [-0.15, -0.1) is 0 Å². The fourth-order valence-corrected chi connectivity index (χ4v) is 4.26. The number of sulfonamides is 1. The summed E-state index contributed by atoms with van der Waals surface area (Å²) in [6.45, 7) is 1.37. The van der Waals surface area contributed by atoms with E-state index in [1.165, 1.54) is 11.4 Å². The van der Waals surface area contributed by atoms with Crippen molar-refractivity contribution in [2.45, 2.75) is 17.7 Å². The van der Waals surface area contributed by atoms with Crippen LogP contribution in [0.25, 0.3) is 0 Å². The quantitative estimate of drug-likeness (QED) is 0.841. The Labute approximate surface area is 140 Å². The van der Waals surface area contributed by atoms with Gasteiger partial charge in [0.25, 0.3) is 0 Å². The molecule has 1 saturated heterocycles. The molecule has 0 bridgehead atoms. The van der Waals surface area contributed by atoms with Crippen molar-refractivity contribution in [2.75, 3.05) is 33.4 Å².